The van der Waals surface area contributed by atoms with Crippen LogP contribution in [-0.4, -0.2) is 140 Å². The molecule has 15 atom stereocenters. The fourth-order valence-electron chi connectivity index (χ4n) is 12.7. The standard InChI is InChI=1S/C83H87NO20/c1-90-80(87)65-42-43-66(67(44-65)84(88)89)53-99-83-79(104-82-72(86)77(98-52-64-40-24-9-25-41-64)74(95-49-61-34-18-6-19-35-61)69(101-82)55-92-46-58-28-12-3-13-29-58)78(75(96-50-62-36-20-7-21-37-62)70(102-83)56-93-47-59-30-14-4-15-31-59)103-81-71(85)76(97-51-63-38-22-8-23-39-63)73(94-48-60-32-16-5-17-33-60)68(100-81)54-91-45-57-26-10-2-11-27-57/h2-44,68-79,81-83,85-86H,45-56H2,1H3/t68-,69-,70-,71+,72+,73-,74-,75-,76-,77-,78+,79+,81-,82-,83?/m1/s1. The van der Waals surface area contributed by atoms with Crippen LogP contribution < -0.4 is 0 Å². The SMILES string of the molecule is COC(=O)c1ccc(COC2O[C@H](COCc3ccccc3)[C@@H](OCc3ccccc3)[C@H](O[C@H]3O[C@H](COCc4ccccc4)[C@@H](OCc4ccccc4)[C@H](OCc4ccccc4)[C@@H]3O)[C@@H]2O[C@H]2O[C@H](COCc3ccccc3)[C@@H](OCc3ccccc3)[C@H](OCc3ccccc3)[C@@H]2O)c([N+](=O)[O-])c1. The summed E-state index contributed by atoms with van der Waals surface area (Å²) in [6, 6.07) is 80.3. The molecule has 0 radical (unpaired) electrons. The van der Waals surface area contributed by atoms with Crippen molar-refractivity contribution in [1.82, 2.24) is 0 Å². The zero-order valence-corrected chi connectivity index (χ0v) is 57.7. The van der Waals surface area contributed by atoms with E-state index in [2.05, 4.69) is 0 Å². The first-order chi connectivity index (χ1) is 51.1. The minimum atomic E-state index is -1.69. The van der Waals surface area contributed by atoms with Crippen molar-refractivity contribution in [2.24, 2.45) is 0 Å². The topological polar surface area (TPSA) is 239 Å². The first kappa shape index (κ1) is 74.9. The van der Waals surface area contributed by atoms with Gasteiger partial charge in [0.1, 0.15) is 73.2 Å². The van der Waals surface area contributed by atoms with Gasteiger partial charge in [-0.25, -0.2) is 4.79 Å². The third-order valence-electron chi connectivity index (χ3n) is 18.1. The third-order valence-corrected chi connectivity index (χ3v) is 18.1. The van der Waals surface area contributed by atoms with Gasteiger partial charge in [0.25, 0.3) is 5.69 Å². The molecule has 1 unspecified atom stereocenters. The maximum Gasteiger partial charge on any atom is 0.338 e. The Balaban J connectivity index is 0.979. The number of nitro groups is 1. The fraction of sp³-hybridized carbons (Fsp3) is 0.337. The van der Waals surface area contributed by atoms with Gasteiger partial charge in [-0.1, -0.05) is 243 Å². The smallest absolute Gasteiger partial charge is 0.338 e. The molecule has 21 nitrogen and oxygen atoms in total. The van der Waals surface area contributed by atoms with Crippen LogP contribution in [-0.2, 0) is 131 Å². The number of carbonyl (C=O) groups excluding carboxylic acids is 1. The summed E-state index contributed by atoms with van der Waals surface area (Å²) in [5.41, 5.74) is 6.18. The molecular formula is C83H87NO20. The Labute approximate surface area is 605 Å². The summed E-state index contributed by atoms with van der Waals surface area (Å²) in [4.78, 5) is 25.3. The Bertz CT molecular complexity index is 3970. The van der Waals surface area contributed by atoms with E-state index in [0.29, 0.717) is 0 Å². The summed E-state index contributed by atoms with van der Waals surface area (Å²) in [6.07, 6.45) is -20.3. The summed E-state index contributed by atoms with van der Waals surface area (Å²) in [7, 11) is 1.18. The van der Waals surface area contributed by atoms with Gasteiger partial charge in [0.05, 0.1) is 102 Å². The van der Waals surface area contributed by atoms with E-state index in [0.717, 1.165) is 50.6 Å². The molecule has 2 N–H and O–H groups in total. The van der Waals surface area contributed by atoms with Gasteiger partial charge in [-0.2, -0.15) is 0 Å². The second-order valence-corrected chi connectivity index (χ2v) is 25.5. The van der Waals surface area contributed by atoms with Gasteiger partial charge in [-0.3, -0.25) is 10.1 Å². The molecule has 0 saturated carbocycles. The van der Waals surface area contributed by atoms with E-state index in [4.69, 9.17) is 71.1 Å². The van der Waals surface area contributed by atoms with Crippen molar-refractivity contribution in [1.29, 1.82) is 0 Å². The Hall–Kier alpha value is -8.79. The second-order valence-electron chi connectivity index (χ2n) is 25.5. The number of nitrogens with zero attached hydrogens (tertiary/aromatic N) is 1. The summed E-state index contributed by atoms with van der Waals surface area (Å²) in [6.45, 7) is -0.227. The van der Waals surface area contributed by atoms with Crippen molar-refractivity contribution in [3.63, 3.8) is 0 Å². The first-order valence-electron chi connectivity index (χ1n) is 34.8. The number of hydrogen-bond acceptors (Lipinski definition) is 20. The van der Waals surface area contributed by atoms with E-state index in [-0.39, 0.29) is 83.8 Å². The largest absolute Gasteiger partial charge is 0.465 e. The van der Waals surface area contributed by atoms with Gasteiger partial charge < -0.3 is 81.3 Å². The van der Waals surface area contributed by atoms with Crippen molar-refractivity contribution in [3.8, 4) is 0 Å². The normalized spacial score (nSPS) is 24.7. The molecule has 0 aliphatic carbocycles. The third kappa shape index (κ3) is 21.0. The van der Waals surface area contributed by atoms with Crippen molar-refractivity contribution in [3.05, 3.63) is 327 Å². The van der Waals surface area contributed by atoms with E-state index in [9.17, 15) is 25.1 Å². The molecule has 0 spiro atoms. The van der Waals surface area contributed by atoms with Crippen LogP contribution in [0, 0.1) is 10.1 Å². The summed E-state index contributed by atoms with van der Waals surface area (Å²) < 4.78 is 102. The lowest BCUT2D eigenvalue weighted by molar-refractivity contribution is -0.402. The number of methoxy groups -OCH3 is 1. The highest BCUT2D eigenvalue weighted by Crippen LogP contribution is 2.39. The monoisotopic (exact) mass is 1420 g/mol. The molecule has 0 bridgehead atoms. The molecule has 9 aromatic carbocycles. The number of nitro benzene ring substituents is 1. The van der Waals surface area contributed by atoms with Gasteiger partial charge in [0.2, 0.25) is 0 Å². The number of aliphatic hydroxyl groups excluding tert-OH is 2. The van der Waals surface area contributed by atoms with Crippen molar-refractivity contribution in [2.45, 2.75) is 152 Å². The summed E-state index contributed by atoms with van der Waals surface area (Å²) in [5.74, 6) is -0.794. The molecule has 3 aliphatic rings. The van der Waals surface area contributed by atoms with E-state index in [1.54, 1.807) is 0 Å². The highest BCUT2D eigenvalue weighted by atomic mass is 16.8. The van der Waals surface area contributed by atoms with Crippen LogP contribution in [0.4, 0.5) is 5.69 Å². The highest BCUT2D eigenvalue weighted by Gasteiger charge is 2.57. The lowest BCUT2D eigenvalue weighted by atomic mass is 9.95. The molecule has 12 rings (SSSR count). The summed E-state index contributed by atoms with van der Waals surface area (Å²) in [5, 5.41) is 39.7. The lowest BCUT2D eigenvalue weighted by Crippen LogP contribution is -2.68. The van der Waals surface area contributed by atoms with E-state index < -0.39 is 115 Å². The average molecular weight is 1420 g/mol. The average Bonchev–Trinajstić information content (AvgIpc) is 0.761. The van der Waals surface area contributed by atoms with Crippen LogP contribution in [0.15, 0.2) is 261 Å². The molecule has 3 heterocycles. The minimum absolute atomic E-state index is 0.0202. The number of aliphatic hydroxyl groups is 2. The number of carbonyl (C=O) groups is 1. The number of ether oxygens (including phenoxy) is 15. The second kappa shape index (κ2) is 38.8. The minimum Gasteiger partial charge on any atom is -0.465 e. The van der Waals surface area contributed by atoms with Crippen LogP contribution in [0.5, 0.6) is 0 Å². The van der Waals surface area contributed by atoms with Crippen LogP contribution >= 0.6 is 0 Å². The molecule has 3 saturated heterocycles. The van der Waals surface area contributed by atoms with Crippen LogP contribution in [0.1, 0.15) is 60.4 Å². The zero-order chi connectivity index (χ0) is 71.7. The van der Waals surface area contributed by atoms with Gasteiger partial charge in [-0.15, -0.1) is 0 Å². The highest BCUT2D eigenvalue weighted by molar-refractivity contribution is 5.90. The Morgan fingerprint density at radius 1 is 0.356 bits per heavy atom. The number of rotatable bonds is 36. The first-order valence-corrected chi connectivity index (χ1v) is 34.8. The molecule has 9 aromatic rings. The van der Waals surface area contributed by atoms with Crippen LogP contribution in [0.2, 0.25) is 0 Å². The van der Waals surface area contributed by atoms with E-state index in [1.165, 1.54) is 19.2 Å². The molecule has 21 heteroatoms. The van der Waals surface area contributed by atoms with E-state index >= 15 is 0 Å². The van der Waals surface area contributed by atoms with Gasteiger partial charge in [0.15, 0.2) is 18.9 Å². The quantitative estimate of drug-likeness (QED) is 0.0211. The lowest BCUT2D eigenvalue weighted by Gasteiger charge is -2.51. The maximum atomic E-state index is 13.4. The van der Waals surface area contributed by atoms with E-state index in [1.807, 2.05) is 243 Å². The number of esters is 1. The maximum absolute atomic E-state index is 13.4. The Morgan fingerprint density at radius 3 is 0.962 bits per heavy atom. The molecule has 0 aromatic heterocycles. The number of benzene rings is 9. The molecule has 3 aliphatic heterocycles. The Morgan fingerprint density at radius 2 is 0.644 bits per heavy atom. The van der Waals surface area contributed by atoms with Crippen LogP contribution in [0.25, 0.3) is 0 Å². The summed E-state index contributed by atoms with van der Waals surface area (Å²) >= 11 is 0. The number of hydrogen-bond donors (Lipinski definition) is 2. The molecule has 3 fully saturated rings. The molecule has 0 amide bonds. The Kier molecular flexibility index (Phi) is 28.0. The predicted molar refractivity (Wildman–Crippen MR) is 380 cm³/mol. The van der Waals surface area contributed by atoms with Crippen molar-refractivity contribution in [2.75, 3.05) is 26.9 Å². The van der Waals surface area contributed by atoms with Gasteiger partial charge in [0, 0.05) is 6.07 Å². The zero-order valence-electron chi connectivity index (χ0n) is 57.7. The fourth-order valence-corrected chi connectivity index (χ4v) is 12.7. The van der Waals surface area contributed by atoms with Crippen molar-refractivity contribution < 1.29 is 91.0 Å². The van der Waals surface area contributed by atoms with Gasteiger partial charge >= 0.3 is 5.97 Å². The van der Waals surface area contributed by atoms with Crippen LogP contribution in [0.3, 0.4) is 0 Å². The molecular weight excluding hydrogens is 1330 g/mol. The van der Waals surface area contributed by atoms with Crippen molar-refractivity contribution >= 4 is 11.7 Å². The van der Waals surface area contributed by atoms with Gasteiger partial charge in [-0.05, 0) is 56.6 Å². The molecule has 544 valence electrons. The predicted octanol–water partition coefficient (Wildman–Crippen LogP) is 12.1. The molecule has 104 heavy (non-hydrogen) atoms.